The third-order valence-electron chi connectivity index (χ3n) is 6.80. The molecule has 1 aliphatic heterocycles. The number of hydrogen-bond acceptors (Lipinski definition) is 11. The Morgan fingerprint density at radius 3 is 2.81 bits per heavy atom. The Labute approximate surface area is 253 Å². The summed E-state index contributed by atoms with van der Waals surface area (Å²) in [6, 6.07) is 11.4. The molecule has 0 radical (unpaired) electrons. The molecule has 2 heterocycles. The first-order chi connectivity index (χ1) is 20.3. The first kappa shape index (κ1) is 29.4. The van der Waals surface area contributed by atoms with Crippen LogP contribution in [0.2, 0.25) is 5.02 Å². The van der Waals surface area contributed by atoms with Gasteiger partial charge in [0.25, 0.3) is 0 Å². The van der Waals surface area contributed by atoms with E-state index in [0.717, 1.165) is 23.1 Å². The van der Waals surface area contributed by atoms with Crippen molar-refractivity contribution in [2.75, 3.05) is 30.2 Å². The highest BCUT2D eigenvalue weighted by Gasteiger charge is 2.43. The van der Waals surface area contributed by atoms with E-state index in [1.54, 1.807) is 23.1 Å². The summed E-state index contributed by atoms with van der Waals surface area (Å²) >= 11 is 8.69. The largest absolute Gasteiger partial charge is 0.497 e. The van der Waals surface area contributed by atoms with Crippen LogP contribution in [0.5, 0.6) is 11.5 Å². The van der Waals surface area contributed by atoms with Crippen LogP contribution in [0.4, 0.5) is 15.2 Å². The molecule has 0 spiro atoms. The zero-order valence-electron chi connectivity index (χ0n) is 22.4. The van der Waals surface area contributed by atoms with E-state index in [1.165, 1.54) is 32.4 Å². The molecule has 1 unspecified atom stereocenters. The van der Waals surface area contributed by atoms with Crippen molar-refractivity contribution in [1.29, 1.82) is 5.26 Å². The second kappa shape index (κ2) is 12.4. The lowest BCUT2D eigenvalue weighted by atomic mass is 9.75. The summed E-state index contributed by atoms with van der Waals surface area (Å²) in [5.74, 6) is -1.11. The lowest BCUT2D eigenvalue weighted by molar-refractivity contribution is -0.116. The van der Waals surface area contributed by atoms with Gasteiger partial charge in [0.15, 0.2) is 10.1 Å². The summed E-state index contributed by atoms with van der Waals surface area (Å²) in [6.07, 6.45) is 1.25. The molecule has 0 saturated carbocycles. The number of ether oxygens (including phenoxy) is 2. The van der Waals surface area contributed by atoms with E-state index in [0.29, 0.717) is 45.2 Å². The van der Waals surface area contributed by atoms with Crippen molar-refractivity contribution in [3.8, 4) is 17.6 Å². The number of aromatic nitrogens is 2. The second-order valence-electron chi connectivity index (χ2n) is 9.21. The van der Waals surface area contributed by atoms with Crippen molar-refractivity contribution in [2.45, 2.75) is 29.5 Å². The molecule has 1 atom stereocenters. The molecule has 3 aromatic rings. The maximum absolute atomic E-state index is 15.1. The van der Waals surface area contributed by atoms with Gasteiger partial charge in [-0.15, -0.1) is 10.2 Å². The molecular formula is C28H24ClFN6O4S2. The molecule has 5 rings (SSSR count). The van der Waals surface area contributed by atoms with Crippen LogP contribution >= 0.6 is 34.7 Å². The number of carbonyl (C=O) groups excluding carboxylic acids is 2. The van der Waals surface area contributed by atoms with Crippen molar-refractivity contribution in [3.63, 3.8) is 0 Å². The van der Waals surface area contributed by atoms with Gasteiger partial charge in [-0.05, 0) is 37.1 Å². The number of nitrogens with one attached hydrogen (secondary N) is 1. The molecule has 1 aliphatic carbocycles. The summed E-state index contributed by atoms with van der Waals surface area (Å²) in [5, 5.41) is 21.8. The molecule has 1 aromatic heterocycles. The highest BCUT2D eigenvalue weighted by Crippen LogP contribution is 2.49. The number of carbonyl (C=O) groups is 2. The monoisotopic (exact) mass is 626 g/mol. The molecule has 0 bridgehead atoms. The fourth-order valence-corrected chi connectivity index (χ4v) is 6.91. The number of Topliss-reactive ketones (excluding diaryl/α,β-unsaturated/α-hetero) is 1. The summed E-state index contributed by atoms with van der Waals surface area (Å²) in [5.41, 5.74) is 7.82. The number of nitrogens with zero attached hydrogens (tertiary/aromatic N) is 4. The summed E-state index contributed by atoms with van der Waals surface area (Å²) in [6.45, 7) is 0. The fourth-order valence-electron chi connectivity index (χ4n) is 4.96. The highest BCUT2D eigenvalue weighted by molar-refractivity contribution is 8.01. The average Bonchev–Trinajstić information content (AvgIpc) is 3.44. The van der Waals surface area contributed by atoms with Crippen molar-refractivity contribution in [2.24, 2.45) is 5.73 Å². The third-order valence-corrected chi connectivity index (χ3v) is 9.17. The number of ketones is 1. The molecule has 0 saturated heterocycles. The lowest BCUT2D eigenvalue weighted by Crippen LogP contribution is -2.39. The number of rotatable bonds is 8. The Hall–Kier alpha value is -4.12. The van der Waals surface area contributed by atoms with Crippen molar-refractivity contribution < 1.29 is 23.5 Å². The van der Waals surface area contributed by atoms with E-state index in [9.17, 15) is 14.9 Å². The number of thioether (sulfide) groups is 1. The van der Waals surface area contributed by atoms with E-state index in [-0.39, 0.29) is 51.4 Å². The van der Waals surface area contributed by atoms with Crippen LogP contribution in [0.15, 0.2) is 63.4 Å². The normalized spacial score (nSPS) is 16.7. The topological polar surface area (TPSA) is 143 Å². The number of methoxy groups -OCH3 is 2. The van der Waals surface area contributed by atoms with Gasteiger partial charge in [-0.1, -0.05) is 40.8 Å². The molecule has 14 heteroatoms. The second-order valence-corrected chi connectivity index (χ2v) is 11.8. The van der Waals surface area contributed by atoms with Crippen LogP contribution < -0.4 is 25.4 Å². The summed E-state index contributed by atoms with van der Waals surface area (Å²) in [7, 11) is 3.03. The van der Waals surface area contributed by atoms with Crippen molar-refractivity contribution in [1.82, 2.24) is 10.2 Å². The Kier molecular flexibility index (Phi) is 8.67. The number of hydrogen-bond donors (Lipinski definition) is 2. The van der Waals surface area contributed by atoms with Gasteiger partial charge in [-0.25, -0.2) is 4.39 Å². The molecule has 2 aliphatic rings. The Bertz CT molecular complexity index is 1660. The Balaban J connectivity index is 1.42. The average molecular weight is 627 g/mol. The Morgan fingerprint density at radius 1 is 1.29 bits per heavy atom. The zero-order valence-corrected chi connectivity index (χ0v) is 24.8. The van der Waals surface area contributed by atoms with E-state index in [2.05, 4.69) is 21.6 Å². The van der Waals surface area contributed by atoms with Crippen LogP contribution in [0, 0.1) is 17.1 Å². The van der Waals surface area contributed by atoms with Gasteiger partial charge < -0.3 is 20.5 Å². The fraction of sp³-hybridized carbons (Fsp3) is 0.250. The van der Waals surface area contributed by atoms with Gasteiger partial charge in [0.2, 0.25) is 11.0 Å². The van der Waals surface area contributed by atoms with E-state index >= 15 is 4.39 Å². The quantitative estimate of drug-likeness (QED) is 0.313. The minimum absolute atomic E-state index is 0.00739. The van der Waals surface area contributed by atoms with Gasteiger partial charge in [-0.2, -0.15) is 5.26 Å². The zero-order chi connectivity index (χ0) is 30.0. The van der Waals surface area contributed by atoms with Crippen LogP contribution in [0.3, 0.4) is 0 Å². The predicted octanol–water partition coefficient (Wildman–Crippen LogP) is 5.38. The van der Waals surface area contributed by atoms with Crippen LogP contribution in [0.1, 0.15) is 30.7 Å². The van der Waals surface area contributed by atoms with Gasteiger partial charge >= 0.3 is 0 Å². The molecule has 10 nitrogen and oxygen atoms in total. The molecule has 1 amide bonds. The maximum Gasteiger partial charge on any atom is 0.234 e. The number of nitrogens with two attached hydrogens (primary N) is 1. The number of nitriles is 1. The minimum Gasteiger partial charge on any atom is -0.497 e. The summed E-state index contributed by atoms with van der Waals surface area (Å²) in [4.78, 5) is 27.5. The first-order valence-electron chi connectivity index (χ1n) is 12.7. The van der Waals surface area contributed by atoms with Crippen molar-refractivity contribution in [3.05, 3.63) is 75.5 Å². The third kappa shape index (κ3) is 5.53. The van der Waals surface area contributed by atoms with Crippen molar-refractivity contribution >= 4 is 57.2 Å². The number of halogens is 2. The Morgan fingerprint density at radius 2 is 2.10 bits per heavy atom. The van der Waals surface area contributed by atoms with E-state index in [4.69, 9.17) is 26.8 Å². The minimum atomic E-state index is -1.04. The molecule has 216 valence electrons. The predicted molar refractivity (Wildman–Crippen MR) is 158 cm³/mol. The van der Waals surface area contributed by atoms with Crippen LogP contribution in [-0.2, 0) is 9.59 Å². The standard InChI is InChI=1S/C28H24ClFN6O4S2/c1-39-14-9-10-21(40-2)18(11-14)33-22(38)13-41-28-35-34-27(42-28)36-19-7-4-8-20(37)25(19)23(15(12-31)26(36)32)24-16(29)5-3-6-17(24)30/h3,5-6,9-11,23H,4,7-8,13,32H2,1-2H3,(H,33,38). The molecule has 42 heavy (non-hydrogen) atoms. The molecule has 0 fully saturated rings. The molecule has 3 N–H and O–H groups in total. The first-order valence-corrected chi connectivity index (χ1v) is 14.8. The van der Waals surface area contributed by atoms with E-state index in [1.807, 2.05) is 0 Å². The van der Waals surface area contributed by atoms with Gasteiger partial charge in [0.1, 0.15) is 23.1 Å². The maximum atomic E-state index is 15.1. The van der Waals surface area contributed by atoms with Crippen LogP contribution in [0.25, 0.3) is 0 Å². The number of amides is 1. The van der Waals surface area contributed by atoms with Gasteiger partial charge in [0.05, 0.1) is 43.2 Å². The number of allylic oxidation sites excluding steroid dienone is 3. The smallest absolute Gasteiger partial charge is 0.234 e. The van der Waals surface area contributed by atoms with E-state index < -0.39 is 11.7 Å². The number of benzene rings is 2. The highest BCUT2D eigenvalue weighted by atomic mass is 35.5. The van der Waals surface area contributed by atoms with Gasteiger partial charge in [-0.3, -0.25) is 14.5 Å². The SMILES string of the molecule is COc1ccc(OC)c(NC(=O)CSc2nnc(N3C(N)=C(C#N)C(c4c(F)cccc4Cl)C4=C3CCCC4=O)s2)c1. The van der Waals surface area contributed by atoms with Crippen LogP contribution in [-0.4, -0.2) is 41.9 Å². The number of anilines is 2. The van der Waals surface area contributed by atoms with Gasteiger partial charge in [0, 0.05) is 34.3 Å². The lowest BCUT2D eigenvalue weighted by Gasteiger charge is -2.38. The molecule has 2 aromatic carbocycles. The summed E-state index contributed by atoms with van der Waals surface area (Å²) < 4.78 is 26.1. The molecular weight excluding hydrogens is 603 g/mol.